The van der Waals surface area contributed by atoms with Crippen LogP contribution in [0.1, 0.15) is 59.3 Å². The van der Waals surface area contributed by atoms with E-state index < -0.39 is 5.60 Å². The summed E-state index contributed by atoms with van der Waals surface area (Å²) in [5.41, 5.74) is -0.475. The maximum atomic E-state index is 12.3. The molecule has 1 aliphatic heterocycles. The van der Waals surface area contributed by atoms with Gasteiger partial charge >= 0.3 is 12.1 Å². The summed E-state index contributed by atoms with van der Waals surface area (Å²) in [6, 6.07) is 0.0955. The van der Waals surface area contributed by atoms with Crippen molar-refractivity contribution in [2.24, 2.45) is 5.92 Å². The van der Waals surface area contributed by atoms with Crippen LogP contribution in [0, 0.1) is 5.92 Å². The molecule has 1 saturated heterocycles. The van der Waals surface area contributed by atoms with E-state index in [2.05, 4.69) is 0 Å². The lowest BCUT2D eigenvalue weighted by molar-refractivity contribution is -0.147. The Labute approximate surface area is 144 Å². The summed E-state index contributed by atoms with van der Waals surface area (Å²) in [6.45, 7) is 6.93. The highest BCUT2D eigenvalue weighted by atomic mass is 16.6. The van der Waals surface area contributed by atoms with E-state index in [4.69, 9.17) is 14.2 Å². The smallest absolute Gasteiger partial charge is 0.410 e. The van der Waals surface area contributed by atoms with E-state index in [0.29, 0.717) is 6.61 Å². The zero-order chi connectivity index (χ0) is 17.7. The number of carbonyl (C=O) groups is 2. The molecular formula is C18H31NO5. The van der Waals surface area contributed by atoms with Crippen molar-refractivity contribution in [1.29, 1.82) is 0 Å². The third-order valence-electron chi connectivity index (χ3n) is 4.74. The van der Waals surface area contributed by atoms with E-state index in [9.17, 15) is 9.59 Å². The van der Waals surface area contributed by atoms with Crippen LogP contribution in [0.25, 0.3) is 0 Å². The van der Waals surface area contributed by atoms with Gasteiger partial charge in [-0.25, -0.2) is 4.79 Å². The SMILES string of the molecule is COC(=O)[C@H]1CC[C@H](OCC2CCCN2C(=O)OC(C)(C)C)CC1. The van der Waals surface area contributed by atoms with Crippen molar-refractivity contribution in [2.45, 2.75) is 77.0 Å². The van der Waals surface area contributed by atoms with E-state index in [1.165, 1.54) is 7.11 Å². The maximum absolute atomic E-state index is 12.3. The van der Waals surface area contributed by atoms with Gasteiger partial charge in [0.05, 0.1) is 31.8 Å². The molecule has 1 amide bonds. The minimum absolute atomic E-state index is 0.0135. The van der Waals surface area contributed by atoms with Crippen LogP contribution in [-0.4, -0.2) is 55.0 Å². The molecule has 0 aromatic carbocycles. The molecule has 6 nitrogen and oxygen atoms in total. The molecule has 2 rings (SSSR count). The van der Waals surface area contributed by atoms with Gasteiger partial charge in [-0.1, -0.05) is 0 Å². The number of esters is 1. The molecule has 0 aromatic rings. The van der Waals surface area contributed by atoms with Crippen LogP contribution in [0.3, 0.4) is 0 Å². The van der Waals surface area contributed by atoms with Crippen LogP contribution in [0.5, 0.6) is 0 Å². The Morgan fingerprint density at radius 2 is 1.75 bits per heavy atom. The van der Waals surface area contributed by atoms with Gasteiger partial charge in [0.15, 0.2) is 0 Å². The van der Waals surface area contributed by atoms with Crippen LogP contribution in [0.4, 0.5) is 4.79 Å². The molecule has 6 heteroatoms. The van der Waals surface area contributed by atoms with Gasteiger partial charge in [-0.15, -0.1) is 0 Å². The van der Waals surface area contributed by atoms with Gasteiger partial charge in [-0.3, -0.25) is 4.79 Å². The van der Waals surface area contributed by atoms with Crippen molar-refractivity contribution in [3.05, 3.63) is 0 Å². The zero-order valence-electron chi connectivity index (χ0n) is 15.4. The first-order chi connectivity index (χ1) is 11.3. The Morgan fingerprint density at radius 3 is 2.33 bits per heavy atom. The van der Waals surface area contributed by atoms with E-state index >= 15 is 0 Å². The Balaban J connectivity index is 1.75. The van der Waals surface area contributed by atoms with Crippen molar-refractivity contribution in [2.75, 3.05) is 20.3 Å². The number of hydrogen-bond donors (Lipinski definition) is 0. The first-order valence-corrected chi connectivity index (χ1v) is 8.99. The van der Waals surface area contributed by atoms with Gasteiger partial charge in [0.1, 0.15) is 5.60 Å². The molecule has 138 valence electrons. The number of ether oxygens (including phenoxy) is 3. The number of likely N-dealkylation sites (tertiary alicyclic amines) is 1. The van der Waals surface area contributed by atoms with E-state index in [1.807, 2.05) is 20.8 Å². The number of nitrogens with zero attached hydrogens (tertiary/aromatic N) is 1. The highest BCUT2D eigenvalue weighted by Gasteiger charge is 2.33. The molecule has 2 aliphatic rings. The highest BCUT2D eigenvalue weighted by molar-refractivity contribution is 5.72. The number of rotatable bonds is 4. The van der Waals surface area contributed by atoms with Crippen LogP contribution >= 0.6 is 0 Å². The summed E-state index contributed by atoms with van der Waals surface area (Å²) in [7, 11) is 1.44. The Bertz CT molecular complexity index is 437. The molecule has 1 saturated carbocycles. The van der Waals surface area contributed by atoms with Crippen LogP contribution < -0.4 is 0 Å². The lowest BCUT2D eigenvalue weighted by Gasteiger charge is -2.31. The van der Waals surface area contributed by atoms with Crippen LogP contribution in [0.2, 0.25) is 0 Å². The second-order valence-electron chi connectivity index (χ2n) is 7.80. The second kappa shape index (κ2) is 8.19. The molecule has 1 unspecified atom stereocenters. The molecule has 0 N–H and O–H groups in total. The lowest BCUT2D eigenvalue weighted by atomic mass is 9.87. The first-order valence-electron chi connectivity index (χ1n) is 8.99. The van der Waals surface area contributed by atoms with Crippen molar-refractivity contribution >= 4 is 12.1 Å². The topological polar surface area (TPSA) is 65.1 Å². The number of methoxy groups -OCH3 is 1. The molecule has 1 atom stereocenters. The van der Waals surface area contributed by atoms with Gasteiger partial charge < -0.3 is 19.1 Å². The predicted octanol–water partition coefficient (Wildman–Crippen LogP) is 3.13. The van der Waals surface area contributed by atoms with Gasteiger partial charge in [0.25, 0.3) is 0 Å². The highest BCUT2D eigenvalue weighted by Crippen LogP contribution is 2.28. The van der Waals surface area contributed by atoms with Crippen LogP contribution in [-0.2, 0) is 19.0 Å². The number of carbonyl (C=O) groups excluding carboxylic acids is 2. The fraction of sp³-hybridized carbons (Fsp3) is 0.889. The molecule has 1 aliphatic carbocycles. The molecular weight excluding hydrogens is 310 g/mol. The summed E-state index contributed by atoms with van der Waals surface area (Å²) in [4.78, 5) is 25.6. The molecule has 0 aromatic heterocycles. The summed E-state index contributed by atoms with van der Waals surface area (Å²) >= 11 is 0. The standard InChI is InChI=1S/C18H31NO5/c1-18(2,3)24-17(21)19-11-5-6-14(19)12-23-15-9-7-13(8-10-15)16(20)22-4/h13-15H,5-12H2,1-4H3/t13-,14?,15-. The van der Waals surface area contributed by atoms with Gasteiger partial charge in [-0.05, 0) is 59.3 Å². The number of hydrogen-bond acceptors (Lipinski definition) is 5. The second-order valence-corrected chi connectivity index (χ2v) is 7.80. The third-order valence-corrected chi connectivity index (χ3v) is 4.74. The molecule has 2 fully saturated rings. The Morgan fingerprint density at radius 1 is 1.08 bits per heavy atom. The van der Waals surface area contributed by atoms with Gasteiger partial charge in [0.2, 0.25) is 0 Å². The fourth-order valence-electron chi connectivity index (χ4n) is 3.45. The molecule has 0 bridgehead atoms. The van der Waals surface area contributed by atoms with Crippen molar-refractivity contribution in [3.63, 3.8) is 0 Å². The fourth-order valence-corrected chi connectivity index (χ4v) is 3.45. The zero-order valence-corrected chi connectivity index (χ0v) is 15.4. The Kier molecular flexibility index (Phi) is 6.49. The summed E-state index contributed by atoms with van der Waals surface area (Å²) in [5, 5.41) is 0. The number of amides is 1. The maximum Gasteiger partial charge on any atom is 0.410 e. The van der Waals surface area contributed by atoms with Crippen molar-refractivity contribution < 1.29 is 23.8 Å². The predicted molar refractivity (Wildman–Crippen MR) is 89.7 cm³/mol. The third kappa shape index (κ3) is 5.36. The quantitative estimate of drug-likeness (QED) is 0.735. The van der Waals surface area contributed by atoms with E-state index in [0.717, 1.165) is 45.1 Å². The molecule has 0 spiro atoms. The van der Waals surface area contributed by atoms with E-state index in [1.54, 1.807) is 4.90 Å². The Hall–Kier alpha value is -1.30. The molecule has 24 heavy (non-hydrogen) atoms. The lowest BCUT2D eigenvalue weighted by Crippen LogP contribution is -2.42. The molecule has 1 heterocycles. The minimum Gasteiger partial charge on any atom is -0.469 e. The van der Waals surface area contributed by atoms with Crippen molar-refractivity contribution in [3.8, 4) is 0 Å². The monoisotopic (exact) mass is 341 g/mol. The van der Waals surface area contributed by atoms with Gasteiger partial charge in [0, 0.05) is 6.54 Å². The van der Waals surface area contributed by atoms with E-state index in [-0.39, 0.29) is 30.1 Å². The van der Waals surface area contributed by atoms with Crippen molar-refractivity contribution in [1.82, 2.24) is 4.90 Å². The van der Waals surface area contributed by atoms with Crippen LogP contribution in [0.15, 0.2) is 0 Å². The average Bonchev–Trinajstić information content (AvgIpc) is 2.99. The largest absolute Gasteiger partial charge is 0.469 e. The summed E-state index contributed by atoms with van der Waals surface area (Å²) in [5.74, 6) is -0.0973. The molecule has 0 radical (unpaired) electrons. The van der Waals surface area contributed by atoms with Gasteiger partial charge in [-0.2, -0.15) is 0 Å². The summed E-state index contributed by atoms with van der Waals surface area (Å²) in [6.07, 6.45) is 5.25. The minimum atomic E-state index is -0.475. The summed E-state index contributed by atoms with van der Waals surface area (Å²) < 4.78 is 16.3. The average molecular weight is 341 g/mol. The normalized spacial score (nSPS) is 27.8. The first kappa shape index (κ1) is 19.0.